The molecule has 0 bridgehead atoms. The molecule has 0 aromatic heterocycles. The van der Waals surface area contributed by atoms with Crippen molar-refractivity contribution in [1.29, 1.82) is 0 Å². The van der Waals surface area contributed by atoms with Crippen molar-refractivity contribution in [2.24, 2.45) is 11.8 Å². The largest absolute Gasteiger partial charge is 0.472 e. The summed E-state index contributed by atoms with van der Waals surface area (Å²) in [6.45, 7) is 9.55. The van der Waals surface area contributed by atoms with Gasteiger partial charge in [-0.05, 0) is 37.5 Å². The normalized spacial score (nSPS) is 14.0. The van der Waals surface area contributed by atoms with E-state index < -0.39 is 97.5 Å². The molecule has 0 spiro atoms. The summed E-state index contributed by atoms with van der Waals surface area (Å²) in [5.74, 6) is -0.626. The summed E-state index contributed by atoms with van der Waals surface area (Å²) in [5, 5.41) is 10.6. The number of aliphatic hydroxyl groups is 1. The van der Waals surface area contributed by atoms with Crippen LogP contribution in [-0.2, 0) is 65.4 Å². The lowest BCUT2D eigenvalue weighted by molar-refractivity contribution is -0.161. The Hall–Kier alpha value is -1.94. The average Bonchev–Trinajstić information content (AvgIpc) is 1.49. The summed E-state index contributed by atoms with van der Waals surface area (Å²) in [5.41, 5.74) is 0. The van der Waals surface area contributed by atoms with Crippen LogP contribution in [0.2, 0.25) is 0 Å². The molecule has 0 amide bonds. The molecular weight excluding hydrogens is 1260 g/mol. The highest BCUT2D eigenvalue weighted by Crippen LogP contribution is 2.45. The quantitative estimate of drug-likeness (QED) is 0.0222. The average molecular weight is 1410 g/mol. The Morgan fingerprint density at radius 3 is 0.708 bits per heavy atom. The Labute approximate surface area is 588 Å². The van der Waals surface area contributed by atoms with Crippen LogP contribution in [0.5, 0.6) is 0 Å². The molecule has 570 valence electrons. The van der Waals surface area contributed by atoms with Crippen molar-refractivity contribution in [2.75, 3.05) is 39.6 Å². The summed E-state index contributed by atoms with van der Waals surface area (Å²) >= 11 is 0. The van der Waals surface area contributed by atoms with Crippen LogP contribution >= 0.6 is 15.6 Å². The number of rotatable bonds is 76. The van der Waals surface area contributed by atoms with Gasteiger partial charge in [-0.2, -0.15) is 0 Å². The van der Waals surface area contributed by atoms with Crippen LogP contribution in [0.3, 0.4) is 0 Å². The van der Waals surface area contributed by atoms with Gasteiger partial charge in [0, 0.05) is 25.7 Å². The van der Waals surface area contributed by atoms with E-state index in [0.717, 1.165) is 102 Å². The summed E-state index contributed by atoms with van der Waals surface area (Å²) in [4.78, 5) is 72.8. The Morgan fingerprint density at radius 2 is 0.479 bits per heavy atom. The number of hydrogen-bond acceptors (Lipinski definition) is 15. The van der Waals surface area contributed by atoms with E-state index in [4.69, 9.17) is 37.0 Å². The fraction of sp³-hybridized carbons (Fsp3) is 0.948. The van der Waals surface area contributed by atoms with Crippen LogP contribution in [0.1, 0.15) is 401 Å². The fourth-order valence-electron chi connectivity index (χ4n) is 11.8. The van der Waals surface area contributed by atoms with Crippen LogP contribution < -0.4 is 0 Å². The molecule has 17 nitrogen and oxygen atoms in total. The van der Waals surface area contributed by atoms with E-state index in [0.29, 0.717) is 31.6 Å². The molecule has 0 heterocycles. The van der Waals surface area contributed by atoms with Crippen LogP contribution in [0, 0.1) is 11.8 Å². The number of esters is 4. The monoisotopic (exact) mass is 1410 g/mol. The molecule has 0 fully saturated rings. The summed E-state index contributed by atoms with van der Waals surface area (Å²) < 4.78 is 68.5. The van der Waals surface area contributed by atoms with Crippen LogP contribution in [-0.4, -0.2) is 96.7 Å². The van der Waals surface area contributed by atoms with Gasteiger partial charge in [0.2, 0.25) is 0 Å². The van der Waals surface area contributed by atoms with Gasteiger partial charge in [0.1, 0.15) is 19.3 Å². The molecule has 0 radical (unpaired) electrons. The van der Waals surface area contributed by atoms with Crippen molar-refractivity contribution >= 4 is 39.5 Å². The smallest absolute Gasteiger partial charge is 0.462 e. The first-order chi connectivity index (χ1) is 46.4. The van der Waals surface area contributed by atoms with Crippen LogP contribution in [0.25, 0.3) is 0 Å². The maximum atomic E-state index is 13.1. The summed E-state index contributed by atoms with van der Waals surface area (Å²) in [6.07, 6.45) is 57.0. The molecule has 19 heteroatoms. The van der Waals surface area contributed by atoms with Crippen molar-refractivity contribution in [3.63, 3.8) is 0 Å². The molecule has 96 heavy (non-hydrogen) atoms. The summed E-state index contributed by atoms with van der Waals surface area (Å²) in [6, 6.07) is 0. The van der Waals surface area contributed by atoms with Gasteiger partial charge in [-0.1, -0.05) is 350 Å². The number of phosphoric ester groups is 2. The minimum atomic E-state index is -4.96. The minimum absolute atomic E-state index is 0.106. The second kappa shape index (κ2) is 68.8. The zero-order chi connectivity index (χ0) is 70.7. The Bertz CT molecular complexity index is 1860. The third-order valence-corrected chi connectivity index (χ3v) is 19.9. The Kier molecular flexibility index (Phi) is 67.4. The first kappa shape index (κ1) is 94.1. The molecule has 2 unspecified atom stereocenters. The topological polar surface area (TPSA) is 237 Å². The van der Waals surface area contributed by atoms with Gasteiger partial charge in [-0.25, -0.2) is 9.13 Å². The zero-order valence-electron chi connectivity index (χ0n) is 62.7. The van der Waals surface area contributed by atoms with E-state index >= 15 is 0 Å². The highest BCUT2D eigenvalue weighted by Gasteiger charge is 2.30. The molecule has 5 atom stereocenters. The maximum Gasteiger partial charge on any atom is 0.472 e. The molecule has 0 saturated carbocycles. The fourth-order valence-corrected chi connectivity index (χ4v) is 13.4. The molecule has 0 aliphatic rings. The van der Waals surface area contributed by atoms with Crippen molar-refractivity contribution < 1.29 is 80.2 Å². The number of hydrogen-bond donors (Lipinski definition) is 3. The predicted octanol–water partition coefficient (Wildman–Crippen LogP) is 22.7. The molecule has 0 aromatic carbocycles. The molecule has 0 aliphatic carbocycles. The van der Waals surface area contributed by atoms with Crippen molar-refractivity contribution in [3.8, 4) is 0 Å². The number of phosphoric acid groups is 2. The minimum Gasteiger partial charge on any atom is -0.462 e. The zero-order valence-corrected chi connectivity index (χ0v) is 64.5. The second-order valence-electron chi connectivity index (χ2n) is 28.7. The van der Waals surface area contributed by atoms with Gasteiger partial charge >= 0.3 is 39.5 Å². The van der Waals surface area contributed by atoms with Gasteiger partial charge in [0.15, 0.2) is 12.2 Å². The van der Waals surface area contributed by atoms with Gasteiger partial charge < -0.3 is 33.8 Å². The van der Waals surface area contributed by atoms with E-state index in [2.05, 4.69) is 41.5 Å². The SMILES string of the molecule is CCCCCCCCCCCCCCCCCCC(=O)OC[C@H](COP(=O)(O)OC[C@@H](O)COP(=O)(O)OC[C@@H](COC(=O)CCCCCCCCC(C)C)OC(=O)CCCCCCCCCCCCCC)OC(=O)CCCCCCCCCCCCCCCCCCC(C)C. The van der Waals surface area contributed by atoms with E-state index in [-0.39, 0.29) is 25.7 Å². The number of carbonyl (C=O) groups is 4. The van der Waals surface area contributed by atoms with E-state index in [1.165, 1.54) is 212 Å². The van der Waals surface area contributed by atoms with Crippen LogP contribution in [0.4, 0.5) is 0 Å². The van der Waals surface area contributed by atoms with Gasteiger partial charge in [-0.3, -0.25) is 37.3 Å². The lowest BCUT2D eigenvalue weighted by atomic mass is 10.0. The molecule has 0 aromatic rings. The number of aliphatic hydroxyl groups excluding tert-OH is 1. The third-order valence-electron chi connectivity index (χ3n) is 18.0. The van der Waals surface area contributed by atoms with E-state index in [1.807, 2.05) is 0 Å². The lowest BCUT2D eigenvalue weighted by Crippen LogP contribution is -2.30. The number of unbranched alkanes of at least 4 members (excludes halogenated alkanes) is 46. The number of ether oxygens (including phenoxy) is 4. The van der Waals surface area contributed by atoms with Crippen LogP contribution in [0.15, 0.2) is 0 Å². The predicted molar refractivity (Wildman–Crippen MR) is 391 cm³/mol. The molecular formula is C77H150O17P2. The Balaban J connectivity index is 5.22. The standard InChI is InChI=1S/C77H150O17P2/c1-7-9-11-13-15-17-19-21-22-26-29-33-36-40-47-53-59-74(79)87-65-72(93-77(82)62-56-50-42-38-34-30-27-24-23-25-28-31-35-39-45-51-57-69(3)4)67-91-95(83,84)89-63-71(78)64-90-96(85,86)92-68-73(66-88-75(80)60-54-48-44-43-46-52-58-70(5)6)94-76(81)61-55-49-41-37-32-20-18-16-14-12-10-8-2/h69-73,78H,7-68H2,1-6H3,(H,83,84)(H,85,86)/t71-,72-,73-/m1/s1. The molecule has 0 aliphatic heterocycles. The van der Waals surface area contributed by atoms with Gasteiger partial charge in [0.25, 0.3) is 0 Å². The van der Waals surface area contributed by atoms with Gasteiger partial charge in [0.05, 0.1) is 26.4 Å². The molecule has 0 rings (SSSR count). The van der Waals surface area contributed by atoms with Crippen molar-refractivity contribution in [1.82, 2.24) is 0 Å². The number of carbonyl (C=O) groups excluding carboxylic acids is 4. The van der Waals surface area contributed by atoms with Crippen molar-refractivity contribution in [2.45, 2.75) is 419 Å². The first-order valence-corrected chi connectivity index (χ1v) is 43.0. The molecule has 3 N–H and O–H groups in total. The first-order valence-electron chi connectivity index (χ1n) is 40.0. The third kappa shape index (κ3) is 70.5. The van der Waals surface area contributed by atoms with E-state index in [9.17, 15) is 43.2 Å². The van der Waals surface area contributed by atoms with Crippen molar-refractivity contribution in [3.05, 3.63) is 0 Å². The second-order valence-corrected chi connectivity index (χ2v) is 31.6. The highest BCUT2D eigenvalue weighted by molar-refractivity contribution is 7.47. The molecule has 0 saturated heterocycles. The highest BCUT2D eigenvalue weighted by atomic mass is 31.2. The van der Waals surface area contributed by atoms with E-state index in [1.54, 1.807) is 0 Å². The Morgan fingerprint density at radius 1 is 0.281 bits per heavy atom. The van der Waals surface area contributed by atoms with Gasteiger partial charge in [-0.15, -0.1) is 0 Å². The lowest BCUT2D eigenvalue weighted by Gasteiger charge is -2.21. The summed E-state index contributed by atoms with van der Waals surface area (Å²) in [7, 11) is -9.91. The maximum absolute atomic E-state index is 13.1.